The molecule has 0 spiro atoms. The van der Waals surface area contributed by atoms with Crippen molar-refractivity contribution in [2.24, 2.45) is 0 Å². The summed E-state index contributed by atoms with van der Waals surface area (Å²) in [6, 6.07) is 13.9. The van der Waals surface area contributed by atoms with Gasteiger partial charge in [0.25, 0.3) is 5.91 Å². The number of nitrogens with two attached hydrogens (primary N) is 1. The average molecular weight is 351 g/mol. The molecule has 26 heavy (non-hydrogen) atoms. The third-order valence-corrected chi connectivity index (χ3v) is 3.78. The molecule has 1 aromatic heterocycles. The van der Waals surface area contributed by atoms with E-state index in [1.807, 2.05) is 18.2 Å². The molecule has 3 aromatic rings. The minimum absolute atomic E-state index is 0.0239. The summed E-state index contributed by atoms with van der Waals surface area (Å²) in [6.45, 7) is 1.44. The van der Waals surface area contributed by atoms with Crippen molar-refractivity contribution in [3.05, 3.63) is 59.8 Å². The van der Waals surface area contributed by atoms with Crippen LogP contribution < -0.4 is 15.8 Å². The van der Waals surface area contributed by atoms with Crippen molar-refractivity contribution in [1.82, 2.24) is 15.0 Å². The SMILES string of the molecule is COc1ccc(C(C)=O)cc1NC(=O)c1nnn(-c2ccccc2)c1N. The van der Waals surface area contributed by atoms with Gasteiger partial charge in [0.15, 0.2) is 17.3 Å². The van der Waals surface area contributed by atoms with E-state index in [1.54, 1.807) is 24.3 Å². The number of ketones is 1. The van der Waals surface area contributed by atoms with Crippen molar-refractivity contribution in [2.75, 3.05) is 18.2 Å². The van der Waals surface area contributed by atoms with Crippen LogP contribution in [0.25, 0.3) is 5.69 Å². The van der Waals surface area contributed by atoms with E-state index in [4.69, 9.17) is 10.5 Å². The molecule has 0 aliphatic rings. The number of carbonyl (C=O) groups excluding carboxylic acids is 2. The Hall–Kier alpha value is -3.68. The molecular weight excluding hydrogens is 334 g/mol. The number of carbonyl (C=O) groups is 2. The number of aromatic nitrogens is 3. The minimum Gasteiger partial charge on any atom is -0.495 e. The van der Waals surface area contributed by atoms with Gasteiger partial charge < -0.3 is 15.8 Å². The van der Waals surface area contributed by atoms with Crippen LogP contribution in [-0.2, 0) is 0 Å². The van der Waals surface area contributed by atoms with Crippen LogP contribution in [-0.4, -0.2) is 33.8 Å². The number of nitrogen functional groups attached to an aromatic ring is 1. The van der Waals surface area contributed by atoms with Gasteiger partial charge in [-0.2, -0.15) is 4.68 Å². The van der Waals surface area contributed by atoms with Gasteiger partial charge in [-0.3, -0.25) is 9.59 Å². The monoisotopic (exact) mass is 351 g/mol. The van der Waals surface area contributed by atoms with Crippen molar-refractivity contribution in [2.45, 2.75) is 6.92 Å². The lowest BCUT2D eigenvalue weighted by atomic mass is 10.1. The van der Waals surface area contributed by atoms with Crippen LogP contribution in [0.4, 0.5) is 11.5 Å². The molecule has 0 radical (unpaired) electrons. The van der Waals surface area contributed by atoms with E-state index in [0.717, 1.165) is 0 Å². The Morgan fingerprint density at radius 3 is 2.54 bits per heavy atom. The molecule has 0 atom stereocenters. The molecule has 0 bridgehead atoms. The fraction of sp³-hybridized carbons (Fsp3) is 0.111. The first-order valence-electron chi connectivity index (χ1n) is 7.78. The molecule has 0 saturated carbocycles. The summed E-state index contributed by atoms with van der Waals surface area (Å²) in [4.78, 5) is 24.1. The summed E-state index contributed by atoms with van der Waals surface area (Å²) in [5.74, 6) is -0.158. The molecule has 3 rings (SSSR count). The maximum atomic E-state index is 12.6. The van der Waals surface area contributed by atoms with Crippen molar-refractivity contribution in [3.8, 4) is 11.4 Å². The summed E-state index contributed by atoms with van der Waals surface area (Å²) >= 11 is 0. The van der Waals surface area contributed by atoms with Gasteiger partial charge in [-0.25, -0.2) is 0 Å². The van der Waals surface area contributed by atoms with Crippen LogP contribution >= 0.6 is 0 Å². The molecule has 1 amide bonds. The molecule has 3 N–H and O–H groups in total. The Morgan fingerprint density at radius 2 is 1.88 bits per heavy atom. The topological polar surface area (TPSA) is 112 Å². The highest BCUT2D eigenvalue weighted by atomic mass is 16.5. The molecule has 8 heteroatoms. The number of para-hydroxylation sites is 1. The van der Waals surface area contributed by atoms with Crippen LogP contribution in [0.5, 0.6) is 5.75 Å². The fourth-order valence-electron chi connectivity index (χ4n) is 2.42. The molecule has 2 aromatic carbocycles. The van der Waals surface area contributed by atoms with Gasteiger partial charge in [-0.1, -0.05) is 23.4 Å². The zero-order valence-electron chi connectivity index (χ0n) is 14.3. The number of hydrogen-bond donors (Lipinski definition) is 2. The lowest BCUT2D eigenvalue weighted by molar-refractivity contribution is 0.100. The third kappa shape index (κ3) is 3.25. The van der Waals surface area contributed by atoms with Crippen molar-refractivity contribution in [1.29, 1.82) is 0 Å². The maximum Gasteiger partial charge on any atom is 0.280 e. The second-order valence-electron chi connectivity index (χ2n) is 5.50. The molecule has 0 aliphatic carbocycles. The summed E-state index contributed by atoms with van der Waals surface area (Å²) in [5, 5.41) is 10.5. The first-order valence-corrected chi connectivity index (χ1v) is 7.78. The number of benzene rings is 2. The van der Waals surface area contributed by atoms with Gasteiger partial charge in [0.2, 0.25) is 0 Å². The number of ether oxygens (including phenoxy) is 1. The van der Waals surface area contributed by atoms with Gasteiger partial charge in [-0.05, 0) is 37.3 Å². The second-order valence-corrected chi connectivity index (χ2v) is 5.50. The van der Waals surface area contributed by atoms with E-state index in [9.17, 15) is 9.59 Å². The zero-order valence-corrected chi connectivity index (χ0v) is 14.3. The highest BCUT2D eigenvalue weighted by Crippen LogP contribution is 2.27. The minimum atomic E-state index is -0.552. The van der Waals surface area contributed by atoms with E-state index in [1.165, 1.54) is 24.8 Å². The van der Waals surface area contributed by atoms with E-state index in [0.29, 0.717) is 22.7 Å². The maximum absolute atomic E-state index is 12.6. The molecule has 0 unspecified atom stereocenters. The van der Waals surface area contributed by atoms with Crippen molar-refractivity contribution in [3.63, 3.8) is 0 Å². The van der Waals surface area contributed by atoms with Gasteiger partial charge in [0.1, 0.15) is 5.75 Å². The smallest absolute Gasteiger partial charge is 0.280 e. The Bertz CT molecular complexity index is 966. The number of Topliss-reactive ketones (excluding diaryl/α,β-unsaturated/α-hetero) is 1. The number of amides is 1. The highest BCUT2D eigenvalue weighted by molar-refractivity contribution is 6.07. The molecule has 0 fully saturated rings. The standard InChI is InChI=1S/C18H17N5O3/c1-11(24)12-8-9-15(26-2)14(10-12)20-18(25)16-17(19)23(22-21-16)13-6-4-3-5-7-13/h3-10H,19H2,1-2H3,(H,20,25). The van der Waals surface area contributed by atoms with Crippen molar-refractivity contribution < 1.29 is 14.3 Å². The molecule has 8 nitrogen and oxygen atoms in total. The molecule has 1 heterocycles. The predicted octanol–water partition coefficient (Wildman–Crippen LogP) is 2.31. The van der Waals surface area contributed by atoms with Crippen molar-refractivity contribution >= 4 is 23.2 Å². The van der Waals surface area contributed by atoms with Crippen LogP contribution in [0.3, 0.4) is 0 Å². The van der Waals surface area contributed by atoms with Gasteiger partial charge in [0, 0.05) is 5.56 Å². The Labute approximate surface area is 149 Å². The predicted molar refractivity (Wildman–Crippen MR) is 96.7 cm³/mol. The lowest BCUT2D eigenvalue weighted by Gasteiger charge is -2.10. The lowest BCUT2D eigenvalue weighted by Crippen LogP contribution is -2.16. The zero-order chi connectivity index (χ0) is 18.7. The van der Waals surface area contributed by atoms with Gasteiger partial charge >= 0.3 is 0 Å². The molecule has 0 aliphatic heterocycles. The van der Waals surface area contributed by atoms with E-state index >= 15 is 0 Å². The average Bonchev–Trinajstić information content (AvgIpc) is 3.03. The van der Waals surface area contributed by atoms with Crippen LogP contribution in [0.2, 0.25) is 0 Å². The first kappa shape index (κ1) is 17.2. The number of nitrogens with zero attached hydrogens (tertiary/aromatic N) is 3. The van der Waals surface area contributed by atoms with Crippen LogP contribution in [0, 0.1) is 0 Å². The summed E-state index contributed by atoms with van der Waals surface area (Å²) in [7, 11) is 1.47. The highest BCUT2D eigenvalue weighted by Gasteiger charge is 2.20. The molecular formula is C18H17N5O3. The summed E-state index contributed by atoms with van der Waals surface area (Å²) < 4.78 is 6.60. The third-order valence-electron chi connectivity index (χ3n) is 3.78. The number of nitrogens with one attached hydrogen (secondary N) is 1. The number of methoxy groups -OCH3 is 1. The second kappa shape index (κ2) is 7.06. The molecule has 0 saturated heterocycles. The number of rotatable bonds is 5. The number of hydrogen-bond acceptors (Lipinski definition) is 6. The Balaban J connectivity index is 1.91. The summed E-state index contributed by atoms with van der Waals surface area (Å²) in [6.07, 6.45) is 0. The van der Waals surface area contributed by atoms with Gasteiger partial charge in [-0.15, -0.1) is 5.10 Å². The molecule has 132 valence electrons. The normalized spacial score (nSPS) is 10.4. The largest absolute Gasteiger partial charge is 0.495 e. The Morgan fingerprint density at radius 1 is 1.15 bits per heavy atom. The fourth-order valence-corrected chi connectivity index (χ4v) is 2.42. The summed E-state index contributed by atoms with van der Waals surface area (Å²) in [5.41, 5.74) is 7.49. The quantitative estimate of drug-likeness (QED) is 0.682. The van der Waals surface area contributed by atoms with Gasteiger partial charge in [0.05, 0.1) is 18.5 Å². The Kier molecular flexibility index (Phi) is 4.66. The van der Waals surface area contributed by atoms with E-state index in [-0.39, 0.29) is 17.3 Å². The van der Waals surface area contributed by atoms with Crippen LogP contribution in [0.1, 0.15) is 27.8 Å². The van der Waals surface area contributed by atoms with Crippen LogP contribution in [0.15, 0.2) is 48.5 Å². The first-order chi connectivity index (χ1) is 12.5. The number of anilines is 2. The van der Waals surface area contributed by atoms with E-state index in [2.05, 4.69) is 15.6 Å². The van der Waals surface area contributed by atoms with E-state index < -0.39 is 5.91 Å².